The van der Waals surface area contributed by atoms with Gasteiger partial charge in [0, 0.05) is 16.0 Å². The van der Waals surface area contributed by atoms with Crippen molar-refractivity contribution < 1.29 is 0 Å². The van der Waals surface area contributed by atoms with Gasteiger partial charge in [0.15, 0.2) is 3.92 Å². The monoisotopic (exact) mass is 307 g/mol. The molecule has 0 N–H and O–H groups in total. The highest BCUT2D eigenvalue weighted by Gasteiger charge is 2.07. The standard InChI is InChI=1S/C9H4BrCl2NS/c10-9-13-8(4-14-9)6-3-5(11)1-2-7(6)12/h1-4H. The van der Waals surface area contributed by atoms with E-state index in [1.807, 2.05) is 11.4 Å². The van der Waals surface area contributed by atoms with E-state index in [0.717, 1.165) is 15.2 Å². The van der Waals surface area contributed by atoms with Crippen LogP contribution in [0.15, 0.2) is 27.5 Å². The third kappa shape index (κ3) is 2.11. The zero-order valence-electron chi connectivity index (χ0n) is 6.80. The van der Waals surface area contributed by atoms with E-state index in [1.54, 1.807) is 12.1 Å². The van der Waals surface area contributed by atoms with Crippen molar-refractivity contribution in [1.82, 2.24) is 4.98 Å². The molecular weight excluding hydrogens is 305 g/mol. The fourth-order valence-corrected chi connectivity index (χ4v) is 2.47. The Bertz CT molecular complexity index is 470. The Kier molecular flexibility index (Phi) is 3.12. The topological polar surface area (TPSA) is 12.9 Å². The minimum atomic E-state index is 0.659. The third-order valence-electron chi connectivity index (χ3n) is 1.68. The van der Waals surface area contributed by atoms with Crippen molar-refractivity contribution in [1.29, 1.82) is 0 Å². The molecule has 2 rings (SSSR count). The Balaban J connectivity index is 2.55. The molecule has 0 spiro atoms. The van der Waals surface area contributed by atoms with Crippen LogP contribution in [0.4, 0.5) is 0 Å². The number of hydrogen-bond acceptors (Lipinski definition) is 2. The molecule has 0 aliphatic rings. The van der Waals surface area contributed by atoms with Crippen LogP contribution >= 0.6 is 50.5 Å². The van der Waals surface area contributed by atoms with Crippen molar-refractivity contribution in [3.8, 4) is 11.3 Å². The van der Waals surface area contributed by atoms with Gasteiger partial charge in [0.25, 0.3) is 0 Å². The van der Waals surface area contributed by atoms with Crippen LogP contribution in [0.1, 0.15) is 0 Å². The number of hydrogen-bond donors (Lipinski definition) is 0. The predicted octanol–water partition coefficient (Wildman–Crippen LogP) is 4.88. The zero-order valence-corrected chi connectivity index (χ0v) is 10.7. The lowest BCUT2D eigenvalue weighted by molar-refractivity contribution is 1.37. The molecule has 0 aliphatic carbocycles. The number of aromatic nitrogens is 1. The van der Waals surface area contributed by atoms with E-state index in [2.05, 4.69) is 20.9 Å². The molecular formula is C9H4BrCl2NS. The summed E-state index contributed by atoms with van der Waals surface area (Å²) >= 11 is 16.7. The zero-order chi connectivity index (χ0) is 10.1. The average Bonchev–Trinajstić information content (AvgIpc) is 2.56. The van der Waals surface area contributed by atoms with Gasteiger partial charge in [0.2, 0.25) is 0 Å². The first-order valence-electron chi connectivity index (χ1n) is 3.73. The summed E-state index contributed by atoms with van der Waals surface area (Å²) in [6.07, 6.45) is 0. The fraction of sp³-hybridized carbons (Fsp3) is 0. The molecule has 0 saturated carbocycles. The van der Waals surface area contributed by atoms with Crippen LogP contribution in [-0.4, -0.2) is 4.98 Å². The van der Waals surface area contributed by atoms with Gasteiger partial charge in [-0.2, -0.15) is 0 Å². The Morgan fingerprint density at radius 3 is 2.71 bits per heavy atom. The second-order valence-electron chi connectivity index (χ2n) is 2.61. The van der Waals surface area contributed by atoms with Crippen LogP contribution in [0, 0.1) is 0 Å². The SMILES string of the molecule is Clc1ccc(Cl)c(-c2csc(Br)n2)c1. The van der Waals surface area contributed by atoms with Crippen LogP contribution in [0.2, 0.25) is 10.0 Å². The lowest BCUT2D eigenvalue weighted by Crippen LogP contribution is -1.79. The van der Waals surface area contributed by atoms with Gasteiger partial charge < -0.3 is 0 Å². The van der Waals surface area contributed by atoms with Crippen molar-refractivity contribution in [3.05, 3.63) is 37.5 Å². The summed E-state index contributed by atoms with van der Waals surface area (Å²) < 4.78 is 0.837. The minimum absolute atomic E-state index is 0.659. The van der Waals surface area contributed by atoms with Gasteiger partial charge in [-0.05, 0) is 34.1 Å². The molecule has 72 valence electrons. The Morgan fingerprint density at radius 2 is 2.07 bits per heavy atom. The van der Waals surface area contributed by atoms with E-state index < -0.39 is 0 Å². The maximum atomic E-state index is 6.03. The maximum absolute atomic E-state index is 6.03. The van der Waals surface area contributed by atoms with Gasteiger partial charge in [-0.15, -0.1) is 11.3 Å². The molecule has 1 aromatic heterocycles. The van der Waals surface area contributed by atoms with Crippen LogP contribution in [0.3, 0.4) is 0 Å². The first-order valence-corrected chi connectivity index (χ1v) is 6.16. The summed E-state index contributed by atoms with van der Waals surface area (Å²) in [5, 5.41) is 3.25. The number of rotatable bonds is 1. The molecule has 1 heterocycles. The molecule has 0 atom stereocenters. The normalized spacial score (nSPS) is 10.5. The molecule has 14 heavy (non-hydrogen) atoms. The molecule has 0 saturated heterocycles. The molecule has 1 aromatic carbocycles. The van der Waals surface area contributed by atoms with Gasteiger partial charge >= 0.3 is 0 Å². The second kappa shape index (κ2) is 4.19. The second-order valence-corrected chi connectivity index (χ2v) is 5.59. The molecule has 5 heteroatoms. The molecule has 0 unspecified atom stereocenters. The highest BCUT2D eigenvalue weighted by atomic mass is 79.9. The van der Waals surface area contributed by atoms with E-state index >= 15 is 0 Å². The van der Waals surface area contributed by atoms with Gasteiger partial charge in [-0.3, -0.25) is 0 Å². The number of thiazole rings is 1. The third-order valence-corrected chi connectivity index (χ3v) is 3.61. The van der Waals surface area contributed by atoms with E-state index in [-0.39, 0.29) is 0 Å². The van der Waals surface area contributed by atoms with Crippen molar-refractivity contribution in [3.63, 3.8) is 0 Å². The first-order chi connectivity index (χ1) is 6.66. The van der Waals surface area contributed by atoms with Gasteiger partial charge in [0.1, 0.15) is 0 Å². The van der Waals surface area contributed by atoms with E-state index in [9.17, 15) is 0 Å². The molecule has 1 nitrogen and oxygen atoms in total. The average molecular weight is 309 g/mol. The molecule has 0 fully saturated rings. The van der Waals surface area contributed by atoms with Gasteiger partial charge in [-0.25, -0.2) is 4.98 Å². The van der Waals surface area contributed by atoms with Crippen molar-refractivity contribution >= 4 is 50.5 Å². The Labute approximate surface area is 104 Å². The first kappa shape index (κ1) is 10.4. The highest BCUT2D eigenvalue weighted by Crippen LogP contribution is 2.32. The molecule has 0 amide bonds. The summed E-state index contributed by atoms with van der Waals surface area (Å²) in [4.78, 5) is 4.27. The number of halogens is 3. The Morgan fingerprint density at radius 1 is 1.29 bits per heavy atom. The summed E-state index contributed by atoms with van der Waals surface area (Å²) in [6, 6.07) is 5.34. The van der Waals surface area contributed by atoms with E-state index in [1.165, 1.54) is 11.3 Å². The fourth-order valence-electron chi connectivity index (χ4n) is 1.07. The quantitative estimate of drug-likeness (QED) is 0.731. The van der Waals surface area contributed by atoms with Gasteiger partial charge in [-0.1, -0.05) is 23.2 Å². The largest absolute Gasteiger partial charge is 0.229 e. The molecule has 0 bridgehead atoms. The van der Waals surface area contributed by atoms with Crippen molar-refractivity contribution in [2.24, 2.45) is 0 Å². The highest BCUT2D eigenvalue weighted by molar-refractivity contribution is 9.11. The van der Waals surface area contributed by atoms with Crippen LogP contribution in [0.25, 0.3) is 11.3 Å². The number of benzene rings is 1. The molecule has 0 aliphatic heterocycles. The number of nitrogens with zero attached hydrogens (tertiary/aromatic N) is 1. The lowest BCUT2D eigenvalue weighted by atomic mass is 10.2. The van der Waals surface area contributed by atoms with Crippen molar-refractivity contribution in [2.75, 3.05) is 0 Å². The van der Waals surface area contributed by atoms with Crippen LogP contribution in [0.5, 0.6) is 0 Å². The Hall–Kier alpha value is -0.0900. The van der Waals surface area contributed by atoms with E-state index in [0.29, 0.717) is 10.0 Å². The smallest absolute Gasteiger partial charge is 0.159 e. The summed E-state index contributed by atoms with van der Waals surface area (Å²) in [5.74, 6) is 0. The predicted molar refractivity (Wildman–Crippen MR) is 65.3 cm³/mol. The molecule has 0 radical (unpaired) electrons. The lowest BCUT2D eigenvalue weighted by Gasteiger charge is -2.00. The minimum Gasteiger partial charge on any atom is -0.229 e. The van der Waals surface area contributed by atoms with E-state index in [4.69, 9.17) is 23.2 Å². The summed E-state index contributed by atoms with van der Waals surface area (Å²) in [6.45, 7) is 0. The summed E-state index contributed by atoms with van der Waals surface area (Å²) in [5.41, 5.74) is 1.70. The van der Waals surface area contributed by atoms with Gasteiger partial charge in [0.05, 0.1) is 10.7 Å². The van der Waals surface area contributed by atoms with Crippen molar-refractivity contribution in [2.45, 2.75) is 0 Å². The van der Waals surface area contributed by atoms with Crippen LogP contribution < -0.4 is 0 Å². The maximum Gasteiger partial charge on any atom is 0.159 e. The van der Waals surface area contributed by atoms with Crippen LogP contribution in [-0.2, 0) is 0 Å². The summed E-state index contributed by atoms with van der Waals surface area (Å²) in [7, 11) is 0. The molecule has 2 aromatic rings.